The van der Waals surface area contributed by atoms with Gasteiger partial charge in [-0.2, -0.15) is 9.97 Å². The van der Waals surface area contributed by atoms with Crippen LogP contribution in [0.25, 0.3) is 10.9 Å². The number of carbonyl (C=O) groups is 1. The third kappa shape index (κ3) is 2.97. The van der Waals surface area contributed by atoms with Crippen LogP contribution in [-0.4, -0.2) is 15.9 Å². The van der Waals surface area contributed by atoms with E-state index in [1.807, 2.05) is 54.6 Å². The number of nitrogens with zero attached hydrogens (tertiary/aromatic N) is 2. The molecule has 0 radical (unpaired) electrons. The number of benzene rings is 2. The lowest BCUT2D eigenvalue weighted by Gasteiger charge is -2.10. The fourth-order valence-corrected chi connectivity index (χ4v) is 1.98. The van der Waals surface area contributed by atoms with Crippen molar-refractivity contribution in [2.75, 3.05) is 5.32 Å². The molecule has 1 aromatic heterocycles. The Labute approximate surface area is 121 Å². The van der Waals surface area contributed by atoms with Gasteiger partial charge in [0.25, 0.3) is 0 Å². The van der Waals surface area contributed by atoms with Crippen molar-refractivity contribution < 1.29 is 9.53 Å². The van der Waals surface area contributed by atoms with E-state index in [0.29, 0.717) is 11.3 Å². The van der Waals surface area contributed by atoms with Crippen LogP contribution >= 0.6 is 0 Å². The molecule has 0 saturated heterocycles. The number of aromatic nitrogens is 2. The summed E-state index contributed by atoms with van der Waals surface area (Å²) in [6.07, 6.45) is 0. The second-order valence-corrected chi connectivity index (χ2v) is 4.46. The number of fused-ring (bicyclic) bond motifs is 1. The number of nitrogens with one attached hydrogen (secondary N) is 1. The van der Waals surface area contributed by atoms with Crippen LogP contribution in [-0.2, 0) is 4.79 Å². The van der Waals surface area contributed by atoms with Crippen molar-refractivity contribution in [1.29, 1.82) is 0 Å². The van der Waals surface area contributed by atoms with Crippen LogP contribution in [0, 0.1) is 0 Å². The largest absolute Gasteiger partial charge is 0.391 e. The average molecular weight is 279 g/mol. The van der Waals surface area contributed by atoms with Gasteiger partial charge in [0.05, 0.1) is 5.52 Å². The minimum atomic E-state index is -0.448. The zero-order valence-corrected chi connectivity index (χ0v) is 11.4. The Morgan fingerprint density at radius 2 is 1.71 bits per heavy atom. The van der Waals surface area contributed by atoms with Gasteiger partial charge in [0, 0.05) is 18.0 Å². The molecule has 1 N–H and O–H groups in total. The first kappa shape index (κ1) is 13.1. The number of rotatable bonds is 3. The zero-order valence-electron chi connectivity index (χ0n) is 11.4. The Morgan fingerprint density at radius 3 is 2.48 bits per heavy atom. The number of anilines is 2. The maximum atomic E-state index is 11.1. The fourth-order valence-electron chi connectivity index (χ4n) is 1.98. The molecule has 0 unspecified atom stereocenters. The summed E-state index contributed by atoms with van der Waals surface area (Å²) in [5, 5.41) is 4.08. The smallest absolute Gasteiger partial charge is 0.326 e. The van der Waals surface area contributed by atoms with E-state index in [9.17, 15) is 4.79 Å². The third-order valence-electron chi connectivity index (χ3n) is 2.85. The predicted octanol–water partition coefficient (Wildman–Crippen LogP) is 3.30. The summed E-state index contributed by atoms with van der Waals surface area (Å²) in [5.74, 6) is 0.152. The van der Waals surface area contributed by atoms with Crippen molar-refractivity contribution in [2.45, 2.75) is 6.92 Å². The summed E-state index contributed by atoms with van der Waals surface area (Å²) in [4.78, 5) is 19.6. The average Bonchev–Trinajstić information content (AvgIpc) is 2.47. The second-order valence-electron chi connectivity index (χ2n) is 4.46. The number of hydrogen-bond donors (Lipinski definition) is 1. The van der Waals surface area contributed by atoms with Gasteiger partial charge >= 0.3 is 12.0 Å². The molecule has 0 atom stereocenters. The lowest BCUT2D eigenvalue weighted by molar-refractivity contribution is -0.132. The molecule has 0 amide bonds. The van der Waals surface area contributed by atoms with Gasteiger partial charge in [0.1, 0.15) is 5.82 Å². The molecule has 1 heterocycles. The van der Waals surface area contributed by atoms with Crippen LogP contribution in [0.3, 0.4) is 0 Å². The maximum absolute atomic E-state index is 11.1. The Balaban J connectivity index is 2.08. The summed E-state index contributed by atoms with van der Waals surface area (Å²) < 4.78 is 5.00. The lowest BCUT2D eigenvalue weighted by atomic mass is 10.2. The van der Waals surface area contributed by atoms with E-state index < -0.39 is 5.97 Å². The number of para-hydroxylation sites is 2. The fraction of sp³-hybridized carbons (Fsp3) is 0.0625. The van der Waals surface area contributed by atoms with E-state index >= 15 is 0 Å². The molecule has 0 aliphatic carbocycles. The number of carbonyl (C=O) groups excluding carboxylic acids is 1. The van der Waals surface area contributed by atoms with Gasteiger partial charge in [-0.1, -0.05) is 30.3 Å². The standard InChI is InChI=1S/C16H13N3O2/c1-11(20)21-16-18-14-10-6-5-9-13(14)15(19-16)17-12-7-3-2-4-8-12/h2-10H,1H3,(H,17,18,19). The van der Waals surface area contributed by atoms with Crippen molar-refractivity contribution in [1.82, 2.24) is 9.97 Å². The molecule has 2 aromatic carbocycles. The first-order valence-corrected chi connectivity index (χ1v) is 6.49. The Bertz CT molecular complexity index is 788. The Hall–Kier alpha value is -2.95. The quantitative estimate of drug-likeness (QED) is 0.745. The molecule has 0 saturated carbocycles. The topological polar surface area (TPSA) is 64.1 Å². The van der Waals surface area contributed by atoms with Crippen molar-refractivity contribution in [3.8, 4) is 6.01 Å². The molecule has 3 aromatic rings. The van der Waals surface area contributed by atoms with Crippen LogP contribution in [0.15, 0.2) is 54.6 Å². The van der Waals surface area contributed by atoms with Crippen molar-refractivity contribution in [3.63, 3.8) is 0 Å². The van der Waals surface area contributed by atoms with Crippen molar-refractivity contribution in [2.24, 2.45) is 0 Å². The first-order chi connectivity index (χ1) is 10.2. The first-order valence-electron chi connectivity index (χ1n) is 6.49. The van der Waals surface area contributed by atoms with E-state index in [4.69, 9.17) is 4.74 Å². The highest BCUT2D eigenvalue weighted by atomic mass is 16.5. The number of esters is 1. The van der Waals surface area contributed by atoms with E-state index in [1.54, 1.807) is 0 Å². The third-order valence-corrected chi connectivity index (χ3v) is 2.85. The zero-order chi connectivity index (χ0) is 14.7. The molecule has 0 bridgehead atoms. The van der Waals surface area contributed by atoms with Gasteiger partial charge in [-0.05, 0) is 24.3 Å². The summed E-state index contributed by atoms with van der Waals surface area (Å²) >= 11 is 0. The van der Waals surface area contributed by atoms with Crippen molar-refractivity contribution in [3.05, 3.63) is 54.6 Å². The molecule has 21 heavy (non-hydrogen) atoms. The highest BCUT2D eigenvalue weighted by molar-refractivity contribution is 5.91. The highest BCUT2D eigenvalue weighted by Gasteiger charge is 2.10. The SMILES string of the molecule is CC(=O)Oc1nc(Nc2ccccc2)c2ccccc2n1. The predicted molar refractivity (Wildman–Crippen MR) is 80.6 cm³/mol. The molecule has 0 aliphatic rings. The van der Waals surface area contributed by atoms with E-state index in [2.05, 4.69) is 15.3 Å². The highest BCUT2D eigenvalue weighted by Crippen LogP contribution is 2.25. The van der Waals surface area contributed by atoms with Crippen LogP contribution in [0.4, 0.5) is 11.5 Å². The lowest BCUT2D eigenvalue weighted by Crippen LogP contribution is -2.06. The molecule has 0 aliphatic heterocycles. The molecule has 5 nitrogen and oxygen atoms in total. The van der Waals surface area contributed by atoms with E-state index in [-0.39, 0.29) is 6.01 Å². The summed E-state index contributed by atoms with van der Waals surface area (Å²) in [6.45, 7) is 1.32. The van der Waals surface area contributed by atoms with Gasteiger partial charge in [0.15, 0.2) is 0 Å². The van der Waals surface area contributed by atoms with Crippen LogP contribution < -0.4 is 10.1 Å². The van der Waals surface area contributed by atoms with E-state index in [1.165, 1.54) is 6.92 Å². The minimum absolute atomic E-state index is 0.0413. The van der Waals surface area contributed by atoms with E-state index in [0.717, 1.165) is 11.1 Å². The normalized spacial score (nSPS) is 10.3. The minimum Gasteiger partial charge on any atom is -0.391 e. The Morgan fingerprint density at radius 1 is 1.00 bits per heavy atom. The summed E-state index contributed by atoms with van der Waals surface area (Å²) in [5.41, 5.74) is 1.61. The molecular formula is C16H13N3O2. The van der Waals surface area contributed by atoms with Gasteiger partial charge < -0.3 is 10.1 Å². The summed E-state index contributed by atoms with van der Waals surface area (Å²) in [7, 11) is 0. The number of ether oxygens (including phenoxy) is 1. The van der Waals surface area contributed by atoms with Crippen molar-refractivity contribution >= 4 is 28.4 Å². The monoisotopic (exact) mass is 279 g/mol. The summed E-state index contributed by atoms with van der Waals surface area (Å²) in [6, 6.07) is 17.3. The molecular weight excluding hydrogens is 266 g/mol. The second kappa shape index (κ2) is 5.58. The number of hydrogen-bond acceptors (Lipinski definition) is 5. The van der Waals surface area contributed by atoms with Crippen LogP contribution in [0.2, 0.25) is 0 Å². The van der Waals surface area contributed by atoms with Gasteiger partial charge in [-0.3, -0.25) is 4.79 Å². The maximum Gasteiger partial charge on any atom is 0.326 e. The molecule has 0 fully saturated rings. The van der Waals surface area contributed by atoms with Crippen LogP contribution in [0.5, 0.6) is 6.01 Å². The molecule has 3 rings (SSSR count). The molecule has 104 valence electrons. The molecule has 0 spiro atoms. The van der Waals surface area contributed by atoms with Gasteiger partial charge in [0.2, 0.25) is 0 Å². The molecule has 5 heteroatoms. The van der Waals surface area contributed by atoms with Gasteiger partial charge in [-0.25, -0.2) is 0 Å². The van der Waals surface area contributed by atoms with Gasteiger partial charge in [-0.15, -0.1) is 0 Å². The van der Waals surface area contributed by atoms with Crippen LogP contribution in [0.1, 0.15) is 6.92 Å². The Kier molecular flexibility index (Phi) is 3.47.